The lowest BCUT2D eigenvalue weighted by Gasteiger charge is -2.11. The Bertz CT molecular complexity index is 346. The van der Waals surface area contributed by atoms with Crippen molar-refractivity contribution in [2.75, 3.05) is 72.5 Å². The van der Waals surface area contributed by atoms with E-state index in [1.165, 1.54) is 0 Å². The largest absolute Gasteiger partial charge is 0.378 e. The second-order valence-corrected chi connectivity index (χ2v) is 7.08. The van der Waals surface area contributed by atoms with Gasteiger partial charge in [-0.2, -0.15) is 0 Å². The molecular formula is C20H43N3O5. The van der Waals surface area contributed by atoms with Crippen LogP contribution in [0.15, 0.2) is 0 Å². The van der Waals surface area contributed by atoms with Gasteiger partial charge in [0.25, 0.3) is 0 Å². The minimum absolute atomic E-state index is 0.145. The molecule has 0 aromatic heterocycles. The zero-order valence-electron chi connectivity index (χ0n) is 18.4. The second kappa shape index (κ2) is 20.8. The van der Waals surface area contributed by atoms with Crippen molar-refractivity contribution in [3.63, 3.8) is 0 Å². The molecule has 0 fully saturated rings. The molecule has 168 valence electrons. The summed E-state index contributed by atoms with van der Waals surface area (Å²) in [6.07, 6.45) is 2.11. The van der Waals surface area contributed by atoms with E-state index in [0.717, 1.165) is 19.4 Å². The number of carbonyl (C=O) groups is 1. The van der Waals surface area contributed by atoms with Gasteiger partial charge in [0.1, 0.15) is 0 Å². The molecule has 2 amide bonds. The van der Waals surface area contributed by atoms with Crippen LogP contribution in [0.4, 0.5) is 4.79 Å². The average molecular weight is 406 g/mol. The number of ether oxygens (including phenoxy) is 4. The first kappa shape index (κ1) is 27.1. The van der Waals surface area contributed by atoms with Gasteiger partial charge in [-0.25, -0.2) is 4.79 Å². The summed E-state index contributed by atoms with van der Waals surface area (Å²) in [5.41, 5.74) is 0. The Balaban J connectivity index is 3.13. The molecule has 0 aliphatic heterocycles. The van der Waals surface area contributed by atoms with Gasteiger partial charge < -0.3 is 34.9 Å². The van der Waals surface area contributed by atoms with E-state index in [1.54, 1.807) is 0 Å². The highest BCUT2D eigenvalue weighted by atomic mass is 16.6. The molecular weight excluding hydrogens is 362 g/mol. The number of nitrogens with one attached hydrogen (secondary N) is 3. The highest BCUT2D eigenvalue weighted by molar-refractivity contribution is 5.73. The van der Waals surface area contributed by atoms with Gasteiger partial charge >= 0.3 is 6.03 Å². The Morgan fingerprint density at radius 2 is 1.18 bits per heavy atom. The molecule has 0 rings (SSSR count). The first-order chi connectivity index (χ1) is 13.6. The Morgan fingerprint density at radius 1 is 0.714 bits per heavy atom. The zero-order chi connectivity index (χ0) is 20.9. The van der Waals surface area contributed by atoms with Gasteiger partial charge in [-0.1, -0.05) is 20.8 Å². The van der Waals surface area contributed by atoms with Crippen LogP contribution in [0.5, 0.6) is 0 Å². The average Bonchev–Trinajstić information content (AvgIpc) is 2.67. The summed E-state index contributed by atoms with van der Waals surface area (Å²) in [4.78, 5) is 11.5. The molecule has 0 saturated heterocycles. The van der Waals surface area contributed by atoms with Crippen LogP contribution in [-0.4, -0.2) is 84.6 Å². The normalized spacial score (nSPS) is 12.3. The highest BCUT2D eigenvalue weighted by Crippen LogP contribution is 1.95. The highest BCUT2D eigenvalue weighted by Gasteiger charge is 2.00. The van der Waals surface area contributed by atoms with Gasteiger partial charge in [0, 0.05) is 25.7 Å². The lowest BCUT2D eigenvalue weighted by Crippen LogP contribution is -2.38. The fourth-order valence-corrected chi connectivity index (χ4v) is 2.06. The van der Waals surface area contributed by atoms with Crippen molar-refractivity contribution < 1.29 is 23.7 Å². The number of amides is 2. The van der Waals surface area contributed by atoms with E-state index in [2.05, 4.69) is 43.6 Å². The van der Waals surface area contributed by atoms with Crippen molar-refractivity contribution in [3.05, 3.63) is 0 Å². The van der Waals surface area contributed by atoms with Crippen LogP contribution >= 0.6 is 0 Å². The molecule has 28 heavy (non-hydrogen) atoms. The maximum absolute atomic E-state index is 11.5. The number of urea groups is 1. The van der Waals surface area contributed by atoms with Crippen LogP contribution < -0.4 is 16.0 Å². The minimum Gasteiger partial charge on any atom is -0.378 e. The summed E-state index contributed by atoms with van der Waals surface area (Å²) in [7, 11) is 0. The topological polar surface area (TPSA) is 90.1 Å². The van der Waals surface area contributed by atoms with Gasteiger partial charge in [-0.15, -0.1) is 0 Å². The van der Waals surface area contributed by atoms with Gasteiger partial charge in [0.05, 0.1) is 52.9 Å². The van der Waals surface area contributed by atoms with Crippen molar-refractivity contribution in [1.82, 2.24) is 16.0 Å². The van der Waals surface area contributed by atoms with Crippen molar-refractivity contribution in [2.45, 2.75) is 46.6 Å². The fourth-order valence-electron chi connectivity index (χ4n) is 2.06. The summed E-state index contributed by atoms with van der Waals surface area (Å²) in [5, 5.41) is 8.94. The van der Waals surface area contributed by atoms with Gasteiger partial charge in [-0.3, -0.25) is 0 Å². The molecule has 0 bridgehead atoms. The third-order valence-corrected chi connectivity index (χ3v) is 4.01. The smallest absolute Gasteiger partial charge is 0.314 e. The first-order valence-corrected chi connectivity index (χ1v) is 10.6. The van der Waals surface area contributed by atoms with Gasteiger partial charge in [0.15, 0.2) is 0 Å². The zero-order valence-corrected chi connectivity index (χ0v) is 18.4. The molecule has 8 heteroatoms. The minimum atomic E-state index is -0.145. The van der Waals surface area contributed by atoms with E-state index < -0.39 is 0 Å². The maximum Gasteiger partial charge on any atom is 0.314 e. The van der Waals surface area contributed by atoms with Crippen LogP contribution in [0.2, 0.25) is 0 Å². The summed E-state index contributed by atoms with van der Waals surface area (Å²) in [6, 6.07) is 0.393. The Hall–Kier alpha value is -0.930. The standard InChI is InChI=1S/C20H43N3O5/c1-5-19(4)21-8-10-25-12-14-27-16-17-28-15-13-26-11-9-23-20(24)22-7-6-18(2)3/h18-19,21H,5-17H2,1-4H3,(H2,22,23,24). The van der Waals surface area contributed by atoms with Crippen molar-refractivity contribution in [2.24, 2.45) is 5.92 Å². The van der Waals surface area contributed by atoms with Crippen LogP contribution in [0.1, 0.15) is 40.5 Å². The summed E-state index contributed by atoms with van der Waals surface area (Å²) in [6.45, 7) is 15.1. The number of hydrogen-bond acceptors (Lipinski definition) is 6. The number of hydrogen-bond donors (Lipinski definition) is 3. The van der Waals surface area contributed by atoms with E-state index in [1.807, 2.05) is 0 Å². The van der Waals surface area contributed by atoms with E-state index in [4.69, 9.17) is 18.9 Å². The van der Waals surface area contributed by atoms with Crippen molar-refractivity contribution in [1.29, 1.82) is 0 Å². The molecule has 8 nitrogen and oxygen atoms in total. The van der Waals surface area contributed by atoms with Crippen molar-refractivity contribution >= 4 is 6.03 Å². The summed E-state index contributed by atoms with van der Waals surface area (Å²) >= 11 is 0. The van der Waals surface area contributed by atoms with E-state index in [0.29, 0.717) is 77.9 Å². The van der Waals surface area contributed by atoms with E-state index in [-0.39, 0.29) is 6.03 Å². The first-order valence-electron chi connectivity index (χ1n) is 10.6. The molecule has 0 saturated carbocycles. The van der Waals surface area contributed by atoms with E-state index >= 15 is 0 Å². The van der Waals surface area contributed by atoms with Crippen LogP contribution in [0, 0.1) is 5.92 Å². The number of carbonyl (C=O) groups excluding carboxylic acids is 1. The van der Waals surface area contributed by atoms with Crippen LogP contribution in [0.3, 0.4) is 0 Å². The van der Waals surface area contributed by atoms with Gasteiger partial charge in [-0.05, 0) is 25.7 Å². The third-order valence-electron chi connectivity index (χ3n) is 4.01. The summed E-state index contributed by atoms with van der Waals surface area (Å²) < 4.78 is 21.7. The molecule has 1 unspecified atom stereocenters. The predicted octanol–water partition coefficient (Wildman–Crippen LogP) is 1.79. The molecule has 0 aliphatic carbocycles. The second-order valence-electron chi connectivity index (χ2n) is 7.08. The molecule has 3 N–H and O–H groups in total. The van der Waals surface area contributed by atoms with E-state index in [9.17, 15) is 4.79 Å². The van der Waals surface area contributed by atoms with Crippen LogP contribution in [-0.2, 0) is 18.9 Å². The van der Waals surface area contributed by atoms with Crippen LogP contribution in [0.25, 0.3) is 0 Å². The maximum atomic E-state index is 11.5. The molecule has 1 atom stereocenters. The van der Waals surface area contributed by atoms with Gasteiger partial charge in [0.2, 0.25) is 0 Å². The molecule has 0 aromatic carbocycles. The monoisotopic (exact) mass is 405 g/mol. The lowest BCUT2D eigenvalue weighted by molar-refractivity contribution is -0.00106. The molecule has 0 heterocycles. The Kier molecular flexibility index (Phi) is 20.1. The quantitative estimate of drug-likeness (QED) is 0.268. The SMILES string of the molecule is CCC(C)NCCOCCOCCOCCOCCNC(=O)NCCC(C)C. The number of rotatable bonds is 20. The molecule has 0 aliphatic rings. The fraction of sp³-hybridized carbons (Fsp3) is 0.950. The predicted molar refractivity (Wildman–Crippen MR) is 112 cm³/mol. The molecule has 0 radical (unpaired) electrons. The Labute approximate surface area is 171 Å². The summed E-state index contributed by atoms with van der Waals surface area (Å²) in [5.74, 6) is 0.587. The van der Waals surface area contributed by atoms with Crippen molar-refractivity contribution in [3.8, 4) is 0 Å². The molecule has 0 spiro atoms. The Morgan fingerprint density at radius 3 is 1.68 bits per heavy atom. The third kappa shape index (κ3) is 21.4. The molecule has 0 aromatic rings. The lowest BCUT2D eigenvalue weighted by atomic mass is 10.1.